The Morgan fingerprint density at radius 2 is 0.850 bits per heavy atom. The number of aryl methyl sites for hydroxylation is 2. The van der Waals surface area contributed by atoms with Crippen molar-refractivity contribution in [3.05, 3.63) is 185 Å². The lowest BCUT2D eigenvalue weighted by atomic mass is 9.67. The molecule has 0 amide bonds. The summed E-state index contributed by atoms with van der Waals surface area (Å²) in [5.41, 5.74) is 13.3. The molecule has 0 atom stereocenters. The lowest BCUT2D eigenvalue weighted by Crippen LogP contribution is -2.28. The van der Waals surface area contributed by atoms with Gasteiger partial charge in [0.15, 0.2) is 0 Å². The number of nitrogens with zero attached hydrogens (tertiary/aromatic N) is 1. The summed E-state index contributed by atoms with van der Waals surface area (Å²) in [6, 6.07) is 55.6. The highest BCUT2D eigenvalue weighted by Gasteiger charge is 2.46. The summed E-state index contributed by atoms with van der Waals surface area (Å²) in [7, 11) is 0. The molecule has 0 saturated heterocycles. The van der Waals surface area contributed by atoms with Crippen LogP contribution in [0.3, 0.4) is 0 Å². The average molecular weight is 514 g/mol. The summed E-state index contributed by atoms with van der Waals surface area (Å²) in [6.07, 6.45) is 0. The molecule has 1 heteroatoms. The molecule has 1 aliphatic rings. The van der Waals surface area contributed by atoms with Gasteiger partial charge in [-0.2, -0.15) is 0 Å². The molecular weight excluding hydrogens is 482 g/mol. The number of benzene rings is 6. The summed E-state index contributed by atoms with van der Waals surface area (Å²) < 4.78 is 0. The van der Waals surface area contributed by atoms with Gasteiger partial charge < -0.3 is 4.90 Å². The van der Waals surface area contributed by atoms with E-state index < -0.39 is 5.41 Å². The van der Waals surface area contributed by atoms with Crippen molar-refractivity contribution in [3.63, 3.8) is 0 Å². The molecule has 0 aromatic heterocycles. The van der Waals surface area contributed by atoms with Crippen LogP contribution in [0.2, 0.25) is 0 Å². The quantitative estimate of drug-likeness (QED) is 0.221. The largest absolute Gasteiger partial charge is 0.310 e. The zero-order chi connectivity index (χ0) is 27.1. The summed E-state index contributed by atoms with van der Waals surface area (Å²) in [5.74, 6) is 0. The van der Waals surface area contributed by atoms with Gasteiger partial charge >= 0.3 is 0 Å². The van der Waals surface area contributed by atoms with Gasteiger partial charge in [0, 0.05) is 17.1 Å². The number of hydrogen-bond donors (Lipinski definition) is 0. The second kappa shape index (κ2) is 9.70. The summed E-state index contributed by atoms with van der Waals surface area (Å²) in [4.78, 5) is 2.38. The summed E-state index contributed by atoms with van der Waals surface area (Å²) in [6.45, 7) is 4.28. The molecule has 0 N–H and O–H groups in total. The van der Waals surface area contributed by atoms with Crippen LogP contribution in [0, 0.1) is 13.8 Å². The predicted molar refractivity (Wildman–Crippen MR) is 168 cm³/mol. The fraction of sp³-hybridized carbons (Fsp3) is 0.0769. The van der Waals surface area contributed by atoms with Crippen LogP contribution in [-0.2, 0) is 5.41 Å². The third-order valence-corrected chi connectivity index (χ3v) is 8.28. The van der Waals surface area contributed by atoms with E-state index in [0.717, 1.165) is 17.1 Å². The Morgan fingerprint density at radius 1 is 0.400 bits per heavy atom. The fourth-order valence-corrected chi connectivity index (χ4v) is 6.41. The second-order valence-electron chi connectivity index (χ2n) is 10.8. The standard InChI is InChI=1S/C39H31N/c1-28-17-21-32(22-18-28)40(33-23-19-29(2)20-24-33)34-25-26-36-35-15-9-10-16-37(35)39(38(36)27-34,30-11-5-3-6-12-30)31-13-7-4-8-14-31/h3-27H,1-2H3. The van der Waals surface area contributed by atoms with Crippen molar-refractivity contribution >= 4 is 17.1 Å². The molecule has 0 heterocycles. The first-order valence-corrected chi connectivity index (χ1v) is 14.0. The van der Waals surface area contributed by atoms with Crippen molar-refractivity contribution in [2.75, 3.05) is 4.90 Å². The number of hydrogen-bond acceptors (Lipinski definition) is 1. The van der Waals surface area contributed by atoms with E-state index in [9.17, 15) is 0 Å². The van der Waals surface area contributed by atoms with Gasteiger partial charge in [0.1, 0.15) is 0 Å². The zero-order valence-electron chi connectivity index (χ0n) is 22.9. The first kappa shape index (κ1) is 24.2. The first-order chi connectivity index (χ1) is 19.7. The zero-order valence-corrected chi connectivity index (χ0v) is 22.9. The van der Waals surface area contributed by atoms with Crippen molar-refractivity contribution in [2.24, 2.45) is 0 Å². The molecule has 40 heavy (non-hydrogen) atoms. The Balaban J connectivity index is 1.53. The molecule has 1 nitrogen and oxygen atoms in total. The van der Waals surface area contributed by atoms with E-state index in [1.165, 1.54) is 44.5 Å². The maximum Gasteiger partial charge on any atom is 0.0714 e. The van der Waals surface area contributed by atoms with Crippen LogP contribution in [0.5, 0.6) is 0 Å². The van der Waals surface area contributed by atoms with Crippen LogP contribution in [-0.4, -0.2) is 0 Å². The van der Waals surface area contributed by atoms with Crippen LogP contribution < -0.4 is 4.90 Å². The van der Waals surface area contributed by atoms with Gasteiger partial charge in [0.25, 0.3) is 0 Å². The number of anilines is 3. The highest BCUT2D eigenvalue weighted by molar-refractivity contribution is 5.89. The molecule has 0 unspecified atom stereocenters. The highest BCUT2D eigenvalue weighted by atomic mass is 15.1. The van der Waals surface area contributed by atoms with E-state index in [-0.39, 0.29) is 0 Å². The van der Waals surface area contributed by atoms with Crippen molar-refractivity contribution in [1.82, 2.24) is 0 Å². The lowest BCUT2D eigenvalue weighted by molar-refractivity contribution is 0.768. The average Bonchev–Trinajstić information content (AvgIpc) is 3.31. The summed E-state index contributed by atoms with van der Waals surface area (Å²) in [5, 5.41) is 0. The van der Waals surface area contributed by atoms with Crippen LogP contribution in [0.25, 0.3) is 11.1 Å². The van der Waals surface area contributed by atoms with E-state index in [1.807, 2.05) is 0 Å². The molecule has 6 aromatic rings. The molecule has 0 radical (unpaired) electrons. The monoisotopic (exact) mass is 513 g/mol. The lowest BCUT2D eigenvalue weighted by Gasteiger charge is -2.35. The predicted octanol–water partition coefficient (Wildman–Crippen LogP) is 10.1. The third kappa shape index (κ3) is 3.78. The minimum Gasteiger partial charge on any atom is -0.310 e. The Morgan fingerprint density at radius 3 is 1.40 bits per heavy atom. The second-order valence-corrected chi connectivity index (χ2v) is 10.8. The molecule has 0 aliphatic heterocycles. The third-order valence-electron chi connectivity index (χ3n) is 8.28. The molecule has 7 rings (SSSR count). The van der Waals surface area contributed by atoms with Gasteiger partial charge in [-0.05, 0) is 83.6 Å². The van der Waals surface area contributed by atoms with E-state index in [4.69, 9.17) is 0 Å². The van der Waals surface area contributed by atoms with E-state index in [2.05, 4.69) is 170 Å². The first-order valence-electron chi connectivity index (χ1n) is 14.0. The van der Waals surface area contributed by atoms with Crippen molar-refractivity contribution in [2.45, 2.75) is 19.3 Å². The normalized spacial score (nSPS) is 12.9. The van der Waals surface area contributed by atoms with E-state index in [1.54, 1.807) is 0 Å². The molecule has 192 valence electrons. The molecule has 0 bridgehead atoms. The van der Waals surface area contributed by atoms with Gasteiger partial charge in [0.05, 0.1) is 5.41 Å². The Labute approximate surface area is 237 Å². The van der Waals surface area contributed by atoms with Crippen LogP contribution in [0.1, 0.15) is 33.4 Å². The van der Waals surface area contributed by atoms with Gasteiger partial charge in [-0.25, -0.2) is 0 Å². The minimum atomic E-state index is -0.420. The SMILES string of the molecule is Cc1ccc(N(c2ccc(C)cc2)c2ccc3c(c2)C(c2ccccc2)(c2ccccc2)c2ccccc2-3)cc1. The smallest absolute Gasteiger partial charge is 0.0714 e. The molecular formula is C39H31N. The van der Waals surface area contributed by atoms with Gasteiger partial charge in [0.2, 0.25) is 0 Å². The van der Waals surface area contributed by atoms with Crippen LogP contribution in [0.4, 0.5) is 17.1 Å². The summed E-state index contributed by atoms with van der Waals surface area (Å²) >= 11 is 0. The molecule has 0 spiro atoms. The molecule has 1 aliphatic carbocycles. The van der Waals surface area contributed by atoms with Crippen molar-refractivity contribution in [3.8, 4) is 11.1 Å². The fourth-order valence-electron chi connectivity index (χ4n) is 6.41. The maximum atomic E-state index is 2.43. The Hall–Kier alpha value is -4.88. The highest BCUT2D eigenvalue weighted by Crippen LogP contribution is 2.57. The molecule has 0 saturated carbocycles. The number of fused-ring (bicyclic) bond motifs is 3. The topological polar surface area (TPSA) is 3.24 Å². The van der Waals surface area contributed by atoms with Crippen LogP contribution >= 0.6 is 0 Å². The van der Waals surface area contributed by atoms with Gasteiger partial charge in [-0.15, -0.1) is 0 Å². The number of rotatable bonds is 5. The van der Waals surface area contributed by atoms with Crippen LogP contribution in [0.15, 0.2) is 152 Å². The molecule has 0 fully saturated rings. The Bertz CT molecular complexity index is 1700. The van der Waals surface area contributed by atoms with Gasteiger partial charge in [-0.3, -0.25) is 0 Å². The molecule has 6 aromatic carbocycles. The van der Waals surface area contributed by atoms with Gasteiger partial charge in [-0.1, -0.05) is 126 Å². The van der Waals surface area contributed by atoms with Crippen molar-refractivity contribution in [1.29, 1.82) is 0 Å². The van der Waals surface area contributed by atoms with E-state index >= 15 is 0 Å². The maximum absolute atomic E-state index is 2.43. The Kier molecular flexibility index (Phi) is 5.86. The van der Waals surface area contributed by atoms with Crippen molar-refractivity contribution < 1.29 is 0 Å². The van der Waals surface area contributed by atoms with E-state index in [0.29, 0.717) is 0 Å². The minimum absolute atomic E-state index is 0.420.